The molecule has 0 spiro atoms. The molecular weight excluding hydrogens is 198 g/mol. The van der Waals surface area contributed by atoms with Gasteiger partial charge in [-0.2, -0.15) is 0 Å². The van der Waals surface area contributed by atoms with E-state index in [1.165, 1.54) is 6.07 Å². The Morgan fingerprint density at radius 1 is 1.60 bits per heavy atom. The van der Waals surface area contributed by atoms with Crippen LogP contribution in [0.25, 0.3) is 0 Å². The Bertz CT molecular complexity index is 466. The van der Waals surface area contributed by atoms with Crippen molar-refractivity contribution in [2.24, 2.45) is 0 Å². The predicted molar refractivity (Wildman–Crippen MR) is 53.8 cm³/mol. The van der Waals surface area contributed by atoms with Crippen LogP contribution in [-0.4, -0.2) is 28.4 Å². The highest BCUT2D eigenvalue weighted by Gasteiger charge is 2.20. The maximum atomic E-state index is 11.3. The van der Waals surface area contributed by atoms with Crippen LogP contribution in [0.3, 0.4) is 0 Å². The fourth-order valence-corrected chi connectivity index (χ4v) is 1.77. The third-order valence-corrected chi connectivity index (χ3v) is 2.58. The number of nitro groups is 1. The number of nitrogens with one attached hydrogen (secondary N) is 1. The van der Waals surface area contributed by atoms with E-state index in [4.69, 9.17) is 0 Å². The average Bonchev–Trinajstić information content (AvgIpc) is 2.17. The summed E-state index contributed by atoms with van der Waals surface area (Å²) in [7, 11) is 1.94. The van der Waals surface area contributed by atoms with Crippen LogP contribution in [0, 0.1) is 10.1 Å². The summed E-state index contributed by atoms with van der Waals surface area (Å²) in [5, 5.41) is 10.6. The van der Waals surface area contributed by atoms with Crippen molar-refractivity contribution < 1.29 is 4.92 Å². The van der Waals surface area contributed by atoms with Gasteiger partial charge in [-0.25, -0.2) is 0 Å². The summed E-state index contributed by atoms with van der Waals surface area (Å²) in [6.07, 6.45) is 0.735. The molecule has 0 amide bonds. The molecule has 0 aliphatic carbocycles. The number of hydrogen-bond acceptors (Lipinski definition) is 4. The standard InChI is InChI=1S/C9H11N3O3/c1-11-3-2-7-6(5-11)4-8(12(14)15)9(13)10-7/h4H,2-3,5H2,1H3,(H,10,13). The minimum atomic E-state index is -0.645. The lowest BCUT2D eigenvalue weighted by molar-refractivity contribution is -0.386. The van der Waals surface area contributed by atoms with Gasteiger partial charge in [0.1, 0.15) is 0 Å². The third-order valence-electron chi connectivity index (χ3n) is 2.58. The minimum Gasteiger partial charge on any atom is -0.320 e. The van der Waals surface area contributed by atoms with Crippen molar-refractivity contribution in [2.45, 2.75) is 13.0 Å². The Balaban J connectivity index is 2.52. The molecule has 1 N–H and O–H groups in total. The monoisotopic (exact) mass is 209 g/mol. The minimum absolute atomic E-state index is 0.371. The second-order valence-electron chi connectivity index (χ2n) is 3.73. The summed E-state index contributed by atoms with van der Waals surface area (Å²) in [5.41, 5.74) is 0.686. The van der Waals surface area contributed by atoms with E-state index in [1.807, 2.05) is 7.05 Å². The first kappa shape index (κ1) is 9.85. The van der Waals surface area contributed by atoms with Crippen LogP contribution in [0.2, 0.25) is 0 Å². The number of aromatic amines is 1. The molecule has 6 heteroatoms. The highest BCUT2D eigenvalue weighted by Crippen LogP contribution is 2.17. The molecule has 1 aliphatic rings. The first-order valence-corrected chi connectivity index (χ1v) is 4.66. The molecule has 1 aromatic rings. The van der Waals surface area contributed by atoms with Crippen molar-refractivity contribution in [1.82, 2.24) is 9.88 Å². The van der Waals surface area contributed by atoms with Gasteiger partial charge in [-0.1, -0.05) is 0 Å². The van der Waals surface area contributed by atoms with Gasteiger partial charge in [0.05, 0.1) is 4.92 Å². The number of aromatic nitrogens is 1. The van der Waals surface area contributed by atoms with Gasteiger partial charge in [-0.15, -0.1) is 0 Å². The molecule has 0 bridgehead atoms. The molecule has 0 atom stereocenters. The van der Waals surface area contributed by atoms with Crippen molar-refractivity contribution in [3.8, 4) is 0 Å². The average molecular weight is 209 g/mol. The molecule has 0 fully saturated rings. The van der Waals surface area contributed by atoms with E-state index in [0.717, 1.165) is 24.2 Å². The van der Waals surface area contributed by atoms with E-state index in [0.29, 0.717) is 6.54 Å². The van der Waals surface area contributed by atoms with Crippen LogP contribution < -0.4 is 5.56 Å². The molecule has 15 heavy (non-hydrogen) atoms. The summed E-state index contributed by atoms with van der Waals surface area (Å²) in [4.78, 5) is 25.9. The fraction of sp³-hybridized carbons (Fsp3) is 0.444. The molecular formula is C9H11N3O3. The Kier molecular flexibility index (Phi) is 2.28. The molecule has 0 saturated heterocycles. The van der Waals surface area contributed by atoms with Crippen LogP contribution in [-0.2, 0) is 13.0 Å². The lowest BCUT2D eigenvalue weighted by atomic mass is 10.1. The molecule has 2 rings (SSSR count). The maximum Gasteiger partial charge on any atom is 0.334 e. The number of H-pyrrole nitrogens is 1. The summed E-state index contributed by atoms with van der Waals surface area (Å²) < 4.78 is 0. The number of fused-ring (bicyclic) bond motifs is 1. The lowest BCUT2D eigenvalue weighted by Gasteiger charge is -2.23. The second-order valence-corrected chi connectivity index (χ2v) is 3.73. The van der Waals surface area contributed by atoms with Crippen molar-refractivity contribution in [3.63, 3.8) is 0 Å². The molecule has 6 nitrogen and oxygen atoms in total. The second kappa shape index (κ2) is 3.47. The van der Waals surface area contributed by atoms with Gasteiger partial charge in [0.15, 0.2) is 0 Å². The zero-order chi connectivity index (χ0) is 11.0. The molecule has 2 heterocycles. The maximum absolute atomic E-state index is 11.3. The summed E-state index contributed by atoms with van der Waals surface area (Å²) in [6.45, 7) is 1.51. The first-order valence-electron chi connectivity index (χ1n) is 4.66. The van der Waals surface area contributed by atoms with Gasteiger partial charge in [0, 0.05) is 31.3 Å². The SMILES string of the molecule is CN1CCc2[nH]c(=O)c([N+](=O)[O-])cc2C1. The Morgan fingerprint density at radius 3 is 3.00 bits per heavy atom. The molecule has 0 aromatic carbocycles. The quantitative estimate of drug-likeness (QED) is 0.532. The zero-order valence-electron chi connectivity index (χ0n) is 8.32. The fourth-order valence-electron chi connectivity index (χ4n) is 1.77. The number of nitrogens with zero attached hydrogens (tertiary/aromatic N) is 2. The highest BCUT2D eigenvalue weighted by atomic mass is 16.6. The smallest absolute Gasteiger partial charge is 0.320 e. The largest absolute Gasteiger partial charge is 0.334 e. The molecule has 0 unspecified atom stereocenters. The zero-order valence-corrected chi connectivity index (χ0v) is 8.32. The first-order chi connectivity index (χ1) is 7.08. The summed E-state index contributed by atoms with van der Waals surface area (Å²) in [6, 6.07) is 1.38. The molecule has 0 radical (unpaired) electrons. The number of hydrogen-bond donors (Lipinski definition) is 1. The predicted octanol–water partition coefficient (Wildman–Crippen LogP) is 0.271. The van der Waals surface area contributed by atoms with E-state index < -0.39 is 10.5 Å². The number of rotatable bonds is 1. The third kappa shape index (κ3) is 1.75. The van der Waals surface area contributed by atoms with Gasteiger partial charge in [0.2, 0.25) is 0 Å². The Morgan fingerprint density at radius 2 is 2.33 bits per heavy atom. The Labute approximate surface area is 85.7 Å². The van der Waals surface area contributed by atoms with Gasteiger partial charge in [-0.05, 0) is 12.6 Å². The molecule has 1 aliphatic heterocycles. The van der Waals surface area contributed by atoms with Gasteiger partial charge in [0.25, 0.3) is 0 Å². The normalized spacial score (nSPS) is 16.1. The summed E-state index contributed by atoms with van der Waals surface area (Å²) >= 11 is 0. The van der Waals surface area contributed by atoms with E-state index in [9.17, 15) is 14.9 Å². The Hall–Kier alpha value is -1.69. The van der Waals surface area contributed by atoms with Gasteiger partial charge in [-0.3, -0.25) is 14.9 Å². The van der Waals surface area contributed by atoms with Crippen molar-refractivity contribution in [3.05, 3.63) is 37.8 Å². The van der Waals surface area contributed by atoms with Crippen LogP contribution in [0.15, 0.2) is 10.9 Å². The molecule has 0 saturated carbocycles. The summed E-state index contributed by atoms with van der Waals surface area (Å²) in [5.74, 6) is 0. The number of pyridine rings is 1. The van der Waals surface area contributed by atoms with E-state index in [2.05, 4.69) is 9.88 Å². The van der Waals surface area contributed by atoms with Gasteiger partial charge < -0.3 is 9.88 Å². The van der Waals surface area contributed by atoms with E-state index in [1.54, 1.807) is 0 Å². The van der Waals surface area contributed by atoms with E-state index >= 15 is 0 Å². The molecule has 80 valence electrons. The van der Waals surface area contributed by atoms with Crippen molar-refractivity contribution in [1.29, 1.82) is 0 Å². The van der Waals surface area contributed by atoms with Crippen LogP contribution in [0.4, 0.5) is 5.69 Å². The van der Waals surface area contributed by atoms with Crippen molar-refractivity contribution in [2.75, 3.05) is 13.6 Å². The lowest BCUT2D eigenvalue weighted by Crippen LogP contribution is -2.29. The topological polar surface area (TPSA) is 79.2 Å². The van der Waals surface area contributed by atoms with Crippen LogP contribution in [0.1, 0.15) is 11.3 Å². The van der Waals surface area contributed by atoms with E-state index in [-0.39, 0.29) is 5.69 Å². The van der Waals surface area contributed by atoms with Crippen molar-refractivity contribution >= 4 is 5.69 Å². The number of likely N-dealkylation sites (N-methyl/N-ethyl adjacent to an activating group) is 1. The highest BCUT2D eigenvalue weighted by molar-refractivity contribution is 5.35. The van der Waals surface area contributed by atoms with Crippen LogP contribution >= 0.6 is 0 Å². The van der Waals surface area contributed by atoms with Gasteiger partial charge >= 0.3 is 11.2 Å². The molecule has 1 aromatic heterocycles. The van der Waals surface area contributed by atoms with Crippen LogP contribution in [0.5, 0.6) is 0 Å².